The second-order valence-electron chi connectivity index (χ2n) is 18.8. The summed E-state index contributed by atoms with van der Waals surface area (Å²) < 4.78 is 4.53. The normalized spacial score (nSPS) is 12.0. The van der Waals surface area contributed by atoms with Crippen molar-refractivity contribution in [3.8, 4) is 39.1 Å². The van der Waals surface area contributed by atoms with Crippen molar-refractivity contribution in [1.29, 1.82) is 5.41 Å². The Morgan fingerprint density at radius 1 is 0.301 bits per heavy atom. The van der Waals surface area contributed by atoms with E-state index in [4.69, 9.17) is 10.4 Å². The molecule has 5 heteroatoms. The average molecular weight is 932 g/mol. The first-order chi connectivity index (χ1) is 36.1. The zero-order valence-corrected chi connectivity index (χ0v) is 39.7. The maximum absolute atomic E-state index is 9.07. The lowest BCUT2D eigenvalue weighted by Crippen LogP contribution is -2.25. The van der Waals surface area contributed by atoms with E-state index >= 15 is 0 Å². The second-order valence-corrected chi connectivity index (χ2v) is 18.8. The molecule has 0 radical (unpaired) electrons. The molecule has 0 aliphatic carbocycles. The van der Waals surface area contributed by atoms with Crippen molar-refractivity contribution < 1.29 is 0 Å². The van der Waals surface area contributed by atoms with Crippen LogP contribution >= 0.6 is 0 Å². The molecule has 2 aromatic heterocycles. The quantitative estimate of drug-likeness (QED) is 0.0934. The molecule has 2 N–H and O–H groups in total. The van der Waals surface area contributed by atoms with E-state index in [0.29, 0.717) is 5.84 Å². The van der Waals surface area contributed by atoms with Gasteiger partial charge in [0.15, 0.2) is 11.7 Å². The summed E-state index contributed by atoms with van der Waals surface area (Å²) in [4.78, 5) is 4.94. The summed E-state index contributed by atoms with van der Waals surface area (Å²) in [6.07, 6.45) is 0. The molecule has 0 aliphatic rings. The second kappa shape index (κ2) is 17.2. The molecule has 12 aromatic carbocycles. The lowest BCUT2D eigenvalue weighted by atomic mass is 9.92. The molecule has 0 bridgehead atoms. The standard InChI is InChI=1S/C68H45N5/c69-67(45-19-7-2-8-20-45)70-68(46-21-9-3-10-22-46)71-73-65-37-32-47(44-17-5-1-6-18-44)40-61(65)62-43-51(33-38-66(62)73)50-31-36-64-60(42-50)59-41-49(30-35-63(59)72(64)52-23-11-4-12-24-52)48-29-34-57-55-27-14-13-25-53(55)54-26-15-16-28-56(54)58(57)39-48/h1-43H,(H2,69,70,71). The smallest absolute Gasteiger partial charge is 0.154 e. The molecule has 0 fully saturated rings. The SMILES string of the molecule is N=C(N=C(Nn1c2ccc(-c3ccccc3)cc2c2cc(-c3ccc4c(c3)c3cc(-c5ccc6c7ccccc7c7ccccc7c6c5)ccc3n4-c3ccccc3)ccc21)c1ccccc1)c1ccccc1. The van der Waals surface area contributed by atoms with Gasteiger partial charge in [0.05, 0.1) is 22.1 Å². The molecule has 342 valence electrons. The molecule has 0 unspecified atom stereocenters. The molecule has 2 heterocycles. The van der Waals surface area contributed by atoms with Crippen LogP contribution < -0.4 is 5.43 Å². The fourth-order valence-corrected chi connectivity index (χ4v) is 11.1. The van der Waals surface area contributed by atoms with Gasteiger partial charge in [-0.2, -0.15) is 0 Å². The highest BCUT2D eigenvalue weighted by molar-refractivity contribution is 6.26. The van der Waals surface area contributed by atoms with Gasteiger partial charge >= 0.3 is 0 Å². The Kier molecular flexibility index (Phi) is 9.93. The Morgan fingerprint density at radius 2 is 0.658 bits per heavy atom. The van der Waals surface area contributed by atoms with E-state index in [1.165, 1.54) is 54.2 Å². The third-order valence-electron chi connectivity index (χ3n) is 14.6. The number of hydrogen-bond donors (Lipinski definition) is 2. The van der Waals surface area contributed by atoms with Crippen LogP contribution in [0.1, 0.15) is 11.1 Å². The van der Waals surface area contributed by atoms with Crippen LogP contribution in [-0.2, 0) is 0 Å². The van der Waals surface area contributed by atoms with Crippen LogP contribution in [0.4, 0.5) is 0 Å². The highest BCUT2D eigenvalue weighted by atomic mass is 15.4. The molecular weight excluding hydrogens is 887 g/mol. The molecule has 0 saturated heterocycles. The third-order valence-corrected chi connectivity index (χ3v) is 14.6. The molecule has 5 nitrogen and oxygen atoms in total. The van der Waals surface area contributed by atoms with E-state index in [1.807, 2.05) is 60.7 Å². The number of para-hydroxylation sites is 1. The monoisotopic (exact) mass is 931 g/mol. The maximum atomic E-state index is 9.07. The summed E-state index contributed by atoms with van der Waals surface area (Å²) in [5.41, 5.74) is 17.7. The van der Waals surface area contributed by atoms with Crippen molar-refractivity contribution in [2.45, 2.75) is 0 Å². The summed E-state index contributed by atoms with van der Waals surface area (Å²) >= 11 is 0. The molecule has 0 saturated carbocycles. The van der Waals surface area contributed by atoms with E-state index in [0.717, 1.165) is 71.9 Å². The van der Waals surface area contributed by atoms with Crippen molar-refractivity contribution in [3.05, 3.63) is 272 Å². The van der Waals surface area contributed by atoms with Gasteiger partial charge in [-0.15, -0.1) is 0 Å². The van der Waals surface area contributed by atoms with Crippen molar-refractivity contribution in [2.75, 3.05) is 5.43 Å². The lowest BCUT2D eigenvalue weighted by Gasteiger charge is -2.15. The summed E-state index contributed by atoms with van der Waals surface area (Å²) in [6.45, 7) is 0. The molecule has 14 aromatic rings. The zero-order valence-electron chi connectivity index (χ0n) is 39.7. The van der Waals surface area contributed by atoms with Crippen LogP contribution in [0.5, 0.6) is 0 Å². The van der Waals surface area contributed by atoms with Gasteiger partial charge in [-0.05, 0) is 132 Å². The Morgan fingerprint density at radius 3 is 1.16 bits per heavy atom. The fourth-order valence-electron chi connectivity index (χ4n) is 11.1. The molecule has 0 spiro atoms. The summed E-state index contributed by atoms with van der Waals surface area (Å²) in [7, 11) is 0. The topological polar surface area (TPSA) is 58.1 Å². The first-order valence-electron chi connectivity index (χ1n) is 24.8. The number of nitrogens with one attached hydrogen (secondary N) is 2. The van der Waals surface area contributed by atoms with E-state index in [1.54, 1.807) is 0 Å². The van der Waals surface area contributed by atoms with Gasteiger partial charge in [0.25, 0.3) is 0 Å². The number of rotatable bonds is 7. The van der Waals surface area contributed by atoms with Gasteiger partial charge in [0.1, 0.15) is 0 Å². The van der Waals surface area contributed by atoms with Gasteiger partial charge in [0.2, 0.25) is 0 Å². The number of aliphatic imine (C=N–C) groups is 1. The largest absolute Gasteiger partial charge is 0.309 e. The Bertz CT molecular complexity index is 4480. The predicted molar refractivity (Wildman–Crippen MR) is 308 cm³/mol. The first kappa shape index (κ1) is 42.1. The molecular formula is C68H45N5. The minimum atomic E-state index is 0.178. The van der Waals surface area contributed by atoms with Crippen molar-refractivity contribution in [1.82, 2.24) is 9.24 Å². The number of amidine groups is 2. The van der Waals surface area contributed by atoms with E-state index in [-0.39, 0.29) is 5.84 Å². The molecule has 0 amide bonds. The number of aromatic nitrogens is 2. The van der Waals surface area contributed by atoms with Gasteiger partial charge < -0.3 is 4.57 Å². The first-order valence-corrected chi connectivity index (χ1v) is 24.8. The molecule has 0 atom stereocenters. The summed E-state index contributed by atoms with van der Waals surface area (Å²) in [6, 6.07) is 92.9. The van der Waals surface area contributed by atoms with Gasteiger partial charge in [-0.25, -0.2) is 4.99 Å². The lowest BCUT2D eigenvalue weighted by molar-refractivity contribution is 1.08. The number of benzene rings is 12. The number of hydrogen-bond acceptors (Lipinski definition) is 1. The van der Waals surface area contributed by atoms with Crippen molar-refractivity contribution in [2.24, 2.45) is 4.99 Å². The van der Waals surface area contributed by atoms with Gasteiger partial charge in [-0.3, -0.25) is 15.5 Å². The van der Waals surface area contributed by atoms with E-state index in [9.17, 15) is 0 Å². The maximum Gasteiger partial charge on any atom is 0.154 e. The Hall–Kier alpha value is -9.84. The van der Waals surface area contributed by atoms with Crippen LogP contribution in [-0.4, -0.2) is 20.9 Å². The van der Waals surface area contributed by atoms with Gasteiger partial charge in [0, 0.05) is 38.4 Å². The van der Waals surface area contributed by atoms with Crippen LogP contribution in [0.25, 0.3) is 115 Å². The highest BCUT2D eigenvalue weighted by Crippen LogP contribution is 2.41. The minimum absolute atomic E-state index is 0.178. The molecule has 0 aliphatic heterocycles. The highest BCUT2D eigenvalue weighted by Gasteiger charge is 2.19. The van der Waals surface area contributed by atoms with Crippen LogP contribution in [0.2, 0.25) is 0 Å². The van der Waals surface area contributed by atoms with E-state index < -0.39 is 0 Å². The number of nitrogens with zero attached hydrogens (tertiary/aromatic N) is 3. The van der Waals surface area contributed by atoms with Gasteiger partial charge in [-0.1, -0.05) is 194 Å². The van der Waals surface area contributed by atoms with Crippen molar-refractivity contribution >= 4 is 87.6 Å². The predicted octanol–water partition coefficient (Wildman–Crippen LogP) is 17.4. The average Bonchev–Trinajstić information content (AvgIpc) is 3.96. The third kappa shape index (κ3) is 7.17. The minimum Gasteiger partial charge on any atom is -0.309 e. The Balaban J connectivity index is 0.942. The summed E-state index contributed by atoms with van der Waals surface area (Å²) in [5, 5.41) is 21.3. The van der Waals surface area contributed by atoms with Crippen LogP contribution in [0.3, 0.4) is 0 Å². The zero-order chi connectivity index (χ0) is 48.4. The van der Waals surface area contributed by atoms with Crippen molar-refractivity contribution in [3.63, 3.8) is 0 Å². The fraction of sp³-hybridized carbons (Fsp3) is 0. The molecule has 73 heavy (non-hydrogen) atoms. The van der Waals surface area contributed by atoms with Crippen LogP contribution in [0.15, 0.2) is 266 Å². The molecule has 14 rings (SSSR count). The number of fused-ring (bicyclic) bond motifs is 12. The van der Waals surface area contributed by atoms with E-state index in [2.05, 4.69) is 215 Å². The Labute approximate surface area is 421 Å². The van der Waals surface area contributed by atoms with Crippen LogP contribution in [0, 0.1) is 5.41 Å². The summed E-state index contributed by atoms with van der Waals surface area (Å²) in [5.74, 6) is 0.756.